The minimum absolute atomic E-state index is 0.249. The number of nitrogens with one attached hydrogen (secondary N) is 1. The molecule has 0 spiro atoms. The van der Waals surface area contributed by atoms with Gasteiger partial charge < -0.3 is 10.8 Å². The molecule has 28 heavy (non-hydrogen) atoms. The number of alkyl halides is 3. The van der Waals surface area contributed by atoms with Gasteiger partial charge in [0.25, 0.3) is 0 Å². The molecule has 0 fully saturated rings. The third kappa shape index (κ3) is 6.02. The number of aliphatic carboxylic acids is 1. The van der Waals surface area contributed by atoms with Gasteiger partial charge in [0.15, 0.2) is 0 Å². The monoisotopic (exact) mass is 419 g/mol. The summed E-state index contributed by atoms with van der Waals surface area (Å²) in [6, 6.07) is 1.34. The molecule has 2 aromatic rings. The van der Waals surface area contributed by atoms with Crippen LogP contribution in [0.1, 0.15) is 18.9 Å². The van der Waals surface area contributed by atoms with Crippen LogP contribution in [0.3, 0.4) is 0 Å². The van der Waals surface area contributed by atoms with E-state index in [-0.39, 0.29) is 12.2 Å². The molecule has 0 radical (unpaired) electrons. The Bertz CT molecular complexity index is 900. The van der Waals surface area contributed by atoms with Gasteiger partial charge in [0.1, 0.15) is 12.1 Å². The van der Waals surface area contributed by atoms with E-state index in [1.807, 2.05) is 0 Å². The van der Waals surface area contributed by atoms with Crippen molar-refractivity contribution < 1.29 is 27.3 Å². The highest BCUT2D eigenvalue weighted by molar-refractivity contribution is 7.92. The molecule has 0 saturated heterocycles. The van der Waals surface area contributed by atoms with Crippen LogP contribution in [0.2, 0.25) is 0 Å². The lowest BCUT2D eigenvalue weighted by atomic mass is 10.2. The van der Waals surface area contributed by atoms with Crippen molar-refractivity contribution in [3.05, 3.63) is 36.8 Å². The van der Waals surface area contributed by atoms with Crippen LogP contribution in [-0.2, 0) is 14.5 Å². The molecule has 12 heteroatoms. The minimum atomic E-state index is -4.66. The second-order valence-corrected chi connectivity index (χ2v) is 8.66. The first-order valence-electron chi connectivity index (χ1n) is 8.24. The molecule has 0 aromatic carbocycles. The van der Waals surface area contributed by atoms with Crippen LogP contribution >= 0.6 is 0 Å². The summed E-state index contributed by atoms with van der Waals surface area (Å²) in [5.41, 5.74) is 6.15. The zero-order valence-electron chi connectivity index (χ0n) is 14.7. The largest absolute Gasteiger partial charge is 0.480 e. The van der Waals surface area contributed by atoms with Crippen LogP contribution in [0.25, 0.3) is 11.3 Å². The van der Waals surface area contributed by atoms with E-state index in [2.05, 4.69) is 10.1 Å². The van der Waals surface area contributed by atoms with Crippen molar-refractivity contribution in [2.24, 2.45) is 5.73 Å². The second kappa shape index (κ2) is 8.69. The van der Waals surface area contributed by atoms with Crippen LogP contribution in [0.4, 0.5) is 13.2 Å². The quantitative estimate of drug-likeness (QED) is 0.571. The lowest BCUT2D eigenvalue weighted by Crippen LogP contribution is -2.33. The number of aromatic nitrogens is 3. The Morgan fingerprint density at radius 3 is 2.57 bits per heavy atom. The van der Waals surface area contributed by atoms with Gasteiger partial charge in [-0.2, -0.15) is 18.3 Å². The number of hydrogen-bond donors (Lipinski definition) is 3. The molecule has 2 rings (SSSR count). The van der Waals surface area contributed by atoms with Gasteiger partial charge in [0.05, 0.1) is 5.69 Å². The van der Waals surface area contributed by atoms with Gasteiger partial charge in [-0.15, -0.1) is 0 Å². The standard InChI is InChI=1S/C16H20F3N5O3S/c17-16(18,19)14(5-9-28(21,27)8-4-12(20)15(25)26)24-7-3-13(23-24)11-2-1-6-22-10-11/h1-3,6-7,10,12,14,21H,4-5,8-9,20H2,(H,25,26)/t12-,14?,28?/m0/s1. The maximum absolute atomic E-state index is 13.5. The van der Waals surface area contributed by atoms with Crippen LogP contribution in [0.5, 0.6) is 0 Å². The molecule has 154 valence electrons. The summed E-state index contributed by atoms with van der Waals surface area (Å²) >= 11 is 0. The minimum Gasteiger partial charge on any atom is -0.480 e. The maximum atomic E-state index is 13.5. The number of carboxylic acids is 1. The van der Waals surface area contributed by atoms with Gasteiger partial charge in [-0.25, -0.2) is 4.21 Å². The van der Waals surface area contributed by atoms with Crippen molar-refractivity contribution in [2.45, 2.75) is 31.1 Å². The van der Waals surface area contributed by atoms with Gasteiger partial charge in [-0.1, -0.05) is 0 Å². The van der Waals surface area contributed by atoms with E-state index in [0.717, 1.165) is 4.68 Å². The van der Waals surface area contributed by atoms with E-state index in [1.165, 1.54) is 24.7 Å². The number of rotatable bonds is 9. The number of carbonyl (C=O) groups is 1. The zero-order chi connectivity index (χ0) is 20.9. The van der Waals surface area contributed by atoms with Crippen molar-refractivity contribution >= 4 is 15.7 Å². The summed E-state index contributed by atoms with van der Waals surface area (Å²) in [4.78, 5) is 14.6. The summed E-state index contributed by atoms with van der Waals surface area (Å²) < 4.78 is 61.1. The highest BCUT2D eigenvalue weighted by atomic mass is 32.2. The van der Waals surface area contributed by atoms with Crippen molar-refractivity contribution in [1.29, 1.82) is 4.78 Å². The van der Waals surface area contributed by atoms with E-state index in [9.17, 15) is 22.2 Å². The average Bonchev–Trinajstić information content (AvgIpc) is 3.09. The fourth-order valence-corrected chi connectivity index (χ4v) is 3.91. The molecular weight excluding hydrogens is 399 g/mol. The van der Waals surface area contributed by atoms with Crippen LogP contribution in [0, 0.1) is 4.78 Å². The third-order valence-corrected chi connectivity index (χ3v) is 5.85. The Kier molecular flexibility index (Phi) is 6.77. The molecule has 3 atom stereocenters. The Hall–Kier alpha value is -2.47. The second-order valence-electron chi connectivity index (χ2n) is 6.22. The highest BCUT2D eigenvalue weighted by Gasteiger charge is 2.41. The number of pyridine rings is 1. The normalized spacial score (nSPS) is 16.3. The lowest BCUT2D eigenvalue weighted by molar-refractivity contribution is -0.170. The Morgan fingerprint density at radius 1 is 1.32 bits per heavy atom. The van der Waals surface area contributed by atoms with Crippen molar-refractivity contribution in [3.8, 4) is 11.3 Å². The molecule has 2 heterocycles. The van der Waals surface area contributed by atoms with E-state index in [1.54, 1.807) is 12.1 Å². The number of carboxylic acid groups (broad SMARTS) is 1. The summed E-state index contributed by atoms with van der Waals surface area (Å²) in [7, 11) is -3.41. The molecule has 0 bridgehead atoms. The van der Waals surface area contributed by atoms with Crippen LogP contribution < -0.4 is 5.73 Å². The van der Waals surface area contributed by atoms with Gasteiger partial charge in [-0.05, 0) is 31.0 Å². The molecule has 0 aliphatic heterocycles. The third-order valence-electron chi connectivity index (χ3n) is 4.06. The van der Waals surface area contributed by atoms with Gasteiger partial charge in [0, 0.05) is 45.4 Å². The Morgan fingerprint density at radius 2 is 2.00 bits per heavy atom. The summed E-state index contributed by atoms with van der Waals surface area (Å²) in [5.74, 6) is -2.25. The fourth-order valence-electron chi connectivity index (χ4n) is 2.47. The molecule has 2 aromatic heterocycles. The summed E-state index contributed by atoms with van der Waals surface area (Å²) in [6.45, 7) is 0. The number of hydrogen-bond acceptors (Lipinski definition) is 6. The first-order valence-corrected chi connectivity index (χ1v) is 10.1. The Balaban J connectivity index is 2.11. The predicted molar refractivity (Wildman–Crippen MR) is 96.0 cm³/mol. The predicted octanol–water partition coefficient (Wildman–Crippen LogP) is 2.29. The molecule has 4 N–H and O–H groups in total. The number of nitrogens with two attached hydrogens (primary N) is 1. The van der Waals surface area contributed by atoms with Crippen LogP contribution in [-0.4, -0.2) is 53.8 Å². The molecule has 2 unspecified atom stereocenters. The molecule has 0 aliphatic carbocycles. The lowest BCUT2D eigenvalue weighted by Gasteiger charge is -2.21. The zero-order valence-corrected chi connectivity index (χ0v) is 15.5. The number of nitrogens with zero attached hydrogens (tertiary/aromatic N) is 3. The van der Waals surface area contributed by atoms with Gasteiger partial charge in [-0.3, -0.25) is 19.2 Å². The van der Waals surface area contributed by atoms with E-state index in [0.29, 0.717) is 11.3 Å². The van der Waals surface area contributed by atoms with Crippen molar-refractivity contribution in [3.63, 3.8) is 0 Å². The van der Waals surface area contributed by atoms with Gasteiger partial charge in [0.2, 0.25) is 0 Å². The van der Waals surface area contributed by atoms with E-state index < -0.39 is 46.1 Å². The maximum Gasteiger partial charge on any atom is 0.410 e. The van der Waals surface area contributed by atoms with E-state index >= 15 is 0 Å². The Labute approximate surface area is 159 Å². The smallest absolute Gasteiger partial charge is 0.410 e. The molecule has 0 amide bonds. The number of halogens is 3. The molecule has 0 saturated carbocycles. The molecule has 0 aliphatic rings. The van der Waals surface area contributed by atoms with Crippen molar-refractivity contribution in [2.75, 3.05) is 11.5 Å². The van der Waals surface area contributed by atoms with Gasteiger partial charge >= 0.3 is 12.1 Å². The van der Waals surface area contributed by atoms with Crippen LogP contribution in [0.15, 0.2) is 36.8 Å². The topological polar surface area (TPSA) is 135 Å². The highest BCUT2D eigenvalue weighted by Crippen LogP contribution is 2.34. The molecular formula is C16H20F3N5O3S. The summed E-state index contributed by atoms with van der Waals surface area (Å²) in [5, 5.41) is 12.7. The SMILES string of the molecule is N=S(=O)(CCC(n1ccc(-c2cccnc2)n1)C(F)(F)F)CC[C@H](N)C(=O)O. The van der Waals surface area contributed by atoms with E-state index in [4.69, 9.17) is 15.6 Å². The first kappa shape index (κ1) is 21.8. The molecule has 8 nitrogen and oxygen atoms in total. The van der Waals surface area contributed by atoms with Crippen molar-refractivity contribution in [1.82, 2.24) is 14.8 Å². The first-order chi connectivity index (χ1) is 13.0. The average molecular weight is 419 g/mol. The summed E-state index contributed by atoms with van der Waals surface area (Å²) in [6.07, 6.45) is -1.36. The fraction of sp³-hybridized carbons (Fsp3) is 0.438.